The molecular weight excluding hydrogens is 660 g/mol. The predicted octanol–water partition coefficient (Wildman–Crippen LogP) is 11.4. The maximum absolute atomic E-state index is 14.2. The zero-order valence-electron chi connectivity index (χ0n) is 24.1. The second kappa shape index (κ2) is 16.8. The van der Waals surface area contributed by atoms with Crippen molar-refractivity contribution in [1.82, 2.24) is 0 Å². The van der Waals surface area contributed by atoms with Crippen molar-refractivity contribution in [3.8, 4) is 0 Å². The second-order valence-corrected chi connectivity index (χ2v) is 10.8. The molecule has 2 atom stereocenters. The first-order chi connectivity index (χ1) is 20.3. The Balaban J connectivity index is 5.28. The molecule has 1 N–H and O–H groups in total. The number of aliphatic carboxylic acids is 1. The number of rotatable bonds is 23. The van der Waals surface area contributed by atoms with Crippen LogP contribution in [0.25, 0.3) is 0 Å². The van der Waals surface area contributed by atoms with Gasteiger partial charge in [0, 0.05) is 0 Å². The Morgan fingerprint density at radius 2 is 0.956 bits per heavy atom. The van der Waals surface area contributed by atoms with Crippen molar-refractivity contribution in [1.29, 1.82) is 0 Å². The van der Waals surface area contributed by atoms with E-state index in [1.54, 1.807) is 0 Å². The molecule has 0 aliphatic carbocycles. The molecule has 2 unspecified atom stereocenters. The first-order valence-corrected chi connectivity index (χ1v) is 14.1. The summed E-state index contributed by atoms with van der Waals surface area (Å²) in [5, 5.41) is 9.09. The van der Waals surface area contributed by atoms with Crippen LogP contribution in [0, 0.1) is 5.92 Å². The molecule has 0 aromatic heterocycles. The Kier molecular flexibility index (Phi) is 16.1. The number of carboxylic acid groups (broad SMARTS) is 1. The quantitative estimate of drug-likeness (QED) is 0.0656. The van der Waals surface area contributed by atoms with Crippen molar-refractivity contribution < 1.29 is 80.1 Å². The fourth-order valence-corrected chi connectivity index (χ4v) is 4.20. The van der Waals surface area contributed by atoms with Gasteiger partial charge in [0.25, 0.3) is 0 Å². The lowest BCUT2D eigenvalue weighted by Gasteiger charge is -2.42. The smallest absolute Gasteiger partial charge is 0.460 e. The highest BCUT2D eigenvalue weighted by atomic mass is 19.4. The number of hydrogen-bond donors (Lipinski definition) is 1. The number of carbonyl (C=O) groups is 1. The lowest BCUT2D eigenvalue weighted by molar-refractivity contribution is -0.454. The highest BCUT2D eigenvalue weighted by Crippen LogP contribution is 2.63. The van der Waals surface area contributed by atoms with Crippen LogP contribution in [0.2, 0.25) is 0 Å². The molecule has 0 radical (unpaired) electrons. The molecule has 0 amide bonds. The van der Waals surface area contributed by atoms with Gasteiger partial charge in [0.2, 0.25) is 0 Å². The standard InChI is InChI=1S/C27H36F16O2/c1-2-3-4-5-6-7-8-9-10-11-12-13-14-15-16-18(20(44)45)17-19(28)21(29,30)22(31,32)23(33,34)24(35,36)25(37,38)26(39,40)27(41,42)43/h9-10,18-19H,2-8,11-17H2,1H3,(H,44,45)/b10-9-. The zero-order valence-corrected chi connectivity index (χ0v) is 24.1. The van der Waals surface area contributed by atoms with Crippen LogP contribution in [0.4, 0.5) is 70.2 Å². The molecule has 0 aliphatic heterocycles. The van der Waals surface area contributed by atoms with E-state index >= 15 is 0 Å². The zero-order chi connectivity index (χ0) is 35.5. The summed E-state index contributed by atoms with van der Waals surface area (Å²) >= 11 is 0. The van der Waals surface area contributed by atoms with E-state index in [0.29, 0.717) is 19.3 Å². The summed E-state index contributed by atoms with van der Waals surface area (Å²) in [6.07, 6.45) is -2.27. The Bertz CT molecular complexity index is 915. The van der Waals surface area contributed by atoms with E-state index in [4.69, 9.17) is 5.11 Å². The summed E-state index contributed by atoms with van der Waals surface area (Å²) in [5.74, 6) is -53.1. The number of alkyl halides is 16. The molecule has 2 nitrogen and oxygen atoms in total. The third-order valence-corrected chi connectivity index (χ3v) is 7.15. The van der Waals surface area contributed by atoms with Gasteiger partial charge >= 0.3 is 47.7 Å². The Hall–Kier alpha value is -1.91. The van der Waals surface area contributed by atoms with Crippen LogP contribution >= 0.6 is 0 Å². The largest absolute Gasteiger partial charge is 0.481 e. The van der Waals surface area contributed by atoms with Crippen molar-refractivity contribution in [3.05, 3.63) is 12.2 Å². The molecule has 0 aromatic carbocycles. The highest BCUT2D eigenvalue weighted by Gasteiger charge is 2.93. The Morgan fingerprint density at radius 1 is 0.578 bits per heavy atom. The number of carboxylic acids is 1. The first-order valence-electron chi connectivity index (χ1n) is 14.1. The number of hydrogen-bond acceptors (Lipinski definition) is 1. The average molecular weight is 697 g/mol. The molecule has 0 fully saturated rings. The maximum Gasteiger partial charge on any atom is 0.460 e. The molecule has 0 heterocycles. The number of allylic oxidation sites excluding steroid dienone is 2. The van der Waals surface area contributed by atoms with Gasteiger partial charge in [-0.1, -0.05) is 70.4 Å². The lowest BCUT2D eigenvalue weighted by atomic mass is 9.86. The van der Waals surface area contributed by atoms with Crippen LogP contribution in [-0.2, 0) is 4.79 Å². The van der Waals surface area contributed by atoms with Crippen LogP contribution in [0.1, 0.15) is 96.8 Å². The van der Waals surface area contributed by atoms with Crippen LogP contribution in [0.15, 0.2) is 12.2 Å². The topological polar surface area (TPSA) is 37.3 Å². The maximum atomic E-state index is 14.2. The Labute approximate surface area is 249 Å². The number of halogens is 16. The van der Waals surface area contributed by atoms with Crippen LogP contribution < -0.4 is 0 Å². The summed E-state index contributed by atoms with van der Waals surface area (Å²) in [6.45, 7) is 2.10. The van der Waals surface area contributed by atoms with Crippen molar-refractivity contribution in [2.45, 2.75) is 145 Å². The van der Waals surface area contributed by atoms with Gasteiger partial charge in [-0.25, -0.2) is 4.39 Å². The minimum absolute atomic E-state index is 0.139. The molecule has 0 aliphatic rings. The van der Waals surface area contributed by atoms with E-state index in [2.05, 4.69) is 6.92 Å². The third-order valence-electron chi connectivity index (χ3n) is 7.15. The lowest BCUT2D eigenvalue weighted by Crippen LogP contribution is -2.73. The first kappa shape index (κ1) is 43.1. The average Bonchev–Trinajstić information content (AvgIpc) is 2.90. The molecule has 45 heavy (non-hydrogen) atoms. The van der Waals surface area contributed by atoms with Crippen LogP contribution in [0.3, 0.4) is 0 Å². The number of unbranched alkanes of at least 4 members (excludes halogenated alkanes) is 10. The van der Waals surface area contributed by atoms with Crippen molar-refractivity contribution in [2.75, 3.05) is 0 Å². The van der Waals surface area contributed by atoms with Crippen molar-refractivity contribution in [3.63, 3.8) is 0 Å². The SMILES string of the molecule is CCCCCCCC/C=C\CCCCCCC(CC(F)C(F)(F)C(F)(F)C(F)(F)C(F)(F)C(F)(F)C(F)(F)C(F)(F)F)C(=O)O. The van der Waals surface area contributed by atoms with Crippen LogP contribution in [-0.4, -0.2) is 59.0 Å². The third kappa shape index (κ3) is 10.0. The van der Waals surface area contributed by atoms with Gasteiger partial charge in [-0.2, -0.15) is 65.9 Å². The monoisotopic (exact) mass is 696 g/mol. The van der Waals surface area contributed by atoms with Crippen LogP contribution in [0.5, 0.6) is 0 Å². The van der Waals surface area contributed by atoms with E-state index in [9.17, 15) is 75.0 Å². The van der Waals surface area contributed by atoms with Gasteiger partial charge in [0.05, 0.1) is 5.92 Å². The Morgan fingerprint density at radius 3 is 1.38 bits per heavy atom. The molecule has 0 rings (SSSR count). The van der Waals surface area contributed by atoms with Gasteiger partial charge in [0.15, 0.2) is 6.17 Å². The highest BCUT2D eigenvalue weighted by molar-refractivity contribution is 5.70. The van der Waals surface area contributed by atoms with E-state index in [-0.39, 0.29) is 12.8 Å². The van der Waals surface area contributed by atoms with Gasteiger partial charge in [0.1, 0.15) is 0 Å². The minimum Gasteiger partial charge on any atom is -0.481 e. The molecule has 268 valence electrons. The summed E-state index contributed by atoms with van der Waals surface area (Å²) in [7, 11) is 0. The van der Waals surface area contributed by atoms with Crippen molar-refractivity contribution >= 4 is 5.97 Å². The van der Waals surface area contributed by atoms with E-state index in [0.717, 1.165) is 38.5 Å². The predicted molar refractivity (Wildman–Crippen MR) is 131 cm³/mol. The van der Waals surface area contributed by atoms with Gasteiger partial charge in [-0.05, 0) is 38.5 Å². The fraction of sp³-hybridized carbons (Fsp3) is 0.889. The molecule has 0 bridgehead atoms. The summed E-state index contributed by atoms with van der Waals surface area (Å²) in [6, 6.07) is 0. The molecule has 0 saturated heterocycles. The van der Waals surface area contributed by atoms with Gasteiger partial charge in [-0.3, -0.25) is 4.79 Å². The minimum atomic E-state index is -8.53. The van der Waals surface area contributed by atoms with E-state index in [1.807, 2.05) is 12.2 Å². The van der Waals surface area contributed by atoms with E-state index < -0.39 is 72.6 Å². The van der Waals surface area contributed by atoms with E-state index in [1.165, 1.54) is 6.42 Å². The molecule has 0 saturated carbocycles. The summed E-state index contributed by atoms with van der Waals surface area (Å²) in [5.41, 5.74) is 0. The normalized spacial score (nSPS) is 15.9. The summed E-state index contributed by atoms with van der Waals surface area (Å²) < 4.78 is 214. The fourth-order valence-electron chi connectivity index (χ4n) is 4.20. The van der Waals surface area contributed by atoms with Crippen molar-refractivity contribution in [2.24, 2.45) is 5.92 Å². The molecular formula is C27H36F16O2. The second-order valence-electron chi connectivity index (χ2n) is 10.8. The van der Waals surface area contributed by atoms with Gasteiger partial charge in [-0.15, -0.1) is 0 Å². The molecule has 0 spiro atoms. The summed E-state index contributed by atoms with van der Waals surface area (Å²) in [4.78, 5) is 11.3. The molecule has 0 aromatic rings. The molecule has 18 heteroatoms. The van der Waals surface area contributed by atoms with Gasteiger partial charge < -0.3 is 5.11 Å².